The van der Waals surface area contributed by atoms with Crippen molar-refractivity contribution in [2.75, 3.05) is 13.1 Å². The maximum atomic E-state index is 5.87. The SMILES string of the molecule is Cc1ccc(-c2nc(CN3C[C@@H](C)NC[C@@H]3C)c(C)o2)s1.Cl. The van der Waals surface area contributed by atoms with Gasteiger partial charge in [0.2, 0.25) is 5.89 Å². The summed E-state index contributed by atoms with van der Waals surface area (Å²) in [6.45, 7) is 11.6. The maximum absolute atomic E-state index is 5.87. The fourth-order valence-electron chi connectivity index (χ4n) is 2.74. The first kappa shape index (κ1) is 17.5. The number of aromatic nitrogens is 1. The largest absolute Gasteiger partial charge is 0.440 e. The molecule has 2 atom stereocenters. The quantitative estimate of drug-likeness (QED) is 0.925. The highest BCUT2D eigenvalue weighted by Crippen LogP contribution is 2.29. The number of oxazole rings is 1. The van der Waals surface area contributed by atoms with Crippen LogP contribution in [0.2, 0.25) is 0 Å². The highest BCUT2D eigenvalue weighted by atomic mass is 35.5. The van der Waals surface area contributed by atoms with Gasteiger partial charge < -0.3 is 9.73 Å². The third kappa shape index (κ3) is 3.71. The Morgan fingerprint density at radius 3 is 2.82 bits per heavy atom. The van der Waals surface area contributed by atoms with Crippen molar-refractivity contribution in [2.45, 2.75) is 46.3 Å². The molecule has 0 spiro atoms. The highest BCUT2D eigenvalue weighted by molar-refractivity contribution is 7.15. The Kier molecular flexibility index (Phi) is 5.66. The van der Waals surface area contributed by atoms with Gasteiger partial charge >= 0.3 is 0 Å². The summed E-state index contributed by atoms with van der Waals surface area (Å²) in [5.41, 5.74) is 1.07. The lowest BCUT2D eigenvalue weighted by Gasteiger charge is -2.37. The van der Waals surface area contributed by atoms with Crippen LogP contribution in [0.3, 0.4) is 0 Å². The number of rotatable bonds is 3. The number of halogens is 1. The molecule has 1 aliphatic rings. The van der Waals surface area contributed by atoms with Crippen molar-refractivity contribution in [3.05, 3.63) is 28.5 Å². The van der Waals surface area contributed by atoms with Gasteiger partial charge in [0.1, 0.15) is 5.76 Å². The van der Waals surface area contributed by atoms with E-state index in [1.54, 1.807) is 11.3 Å². The Morgan fingerprint density at radius 1 is 1.36 bits per heavy atom. The summed E-state index contributed by atoms with van der Waals surface area (Å²) in [5, 5.41) is 3.51. The fourth-order valence-corrected chi connectivity index (χ4v) is 3.53. The lowest BCUT2D eigenvalue weighted by Crippen LogP contribution is -2.53. The molecule has 0 saturated carbocycles. The summed E-state index contributed by atoms with van der Waals surface area (Å²) >= 11 is 1.73. The molecule has 0 radical (unpaired) electrons. The topological polar surface area (TPSA) is 41.3 Å². The van der Waals surface area contributed by atoms with Gasteiger partial charge in [-0.05, 0) is 39.8 Å². The van der Waals surface area contributed by atoms with Crippen molar-refractivity contribution in [3.63, 3.8) is 0 Å². The van der Waals surface area contributed by atoms with Gasteiger partial charge in [-0.25, -0.2) is 4.98 Å². The van der Waals surface area contributed by atoms with Crippen LogP contribution in [-0.2, 0) is 6.54 Å². The Labute approximate surface area is 142 Å². The molecule has 22 heavy (non-hydrogen) atoms. The molecule has 3 heterocycles. The monoisotopic (exact) mass is 341 g/mol. The average Bonchev–Trinajstić information content (AvgIpc) is 3.01. The van der Waals surface area contributed by atoms with Crippen LogP contribution in [0.4, 0.5) is 0 Å². The minimum Gasteiger partial charge on any atom is -0.440 e. The van der Waals surface area contributed by atoms with Crippen molar-refractivity contribution in [3.8, 4) is 10.8 Å². The van der Waals surface area contributed by atoms with Crippen LogP contribution in [0, 0.1) is 13.8 Å². The molecule has 0 aliphatic carbocycles. The Hall–Kier alpha value is -0.880. The van der Waals surface area contributed by atoms with Crippen molar-refractivity contribution < 1.29 is 4.42 Å². The minimum absolute atomic E-state index is 0. The van der Waals surface area contributed by atoms with Gasteiger partial charge in [-0.1, -0.05) is 0 Å². The van der Waals surface area contributed by atoms with Gasteiger partial charge in [-0.3, -0.25) is 4.90 Å². The molecular weight excluding hydrogens is 318 g/mol. The molecule has 3 rings (SSSR count). The van der Waals surface area contributed by atoms with Crippen LogP contribution in [0.15, 0.2) is 16.5 Å². The molecule has 4 nitrogen and oxygen atoms in total. The van der Waals surface area contributed by atoms with E-state index < -0.39 is 0 Å². The fraction of sp³-hybridized carbons (Fsp3) is 0.562. The van der Waals surface area contributed by atoms with E-state index in [9.17, 15) is 0 Å². The van der Waals surface area contributed by atoms with E-state index in [4.69, 9.17) is 9.40 Å². The van der Waals surface area contributed by atoms with Crippen LogP contribution < -0.4 is 5.32 Å². The van der Waals surface area contributed by atoms with Crippen LogP contribution in [0.1, 0.15) is 30.2 Å². The van der Waals surface area contributed by atoms with E-state index in [2.05, 4.69) is 43.1 Å². The van der Waals surface area contributed by atoms with Gasteiger partial charge in [0.05, 0.1) is 10.6 Å². The van der Waals surface area contributed by atoms with Crippen molar-refractivity contribution in [1.82, 2.24) is 15.2 Å². The number of nitrogens with zero attached hydrogens (tertiary/aromatic N) is 2. The molecule has 2 aromatic rings. The second-order valence-electron chi connectivity index (χ2n) is 6.02. The lowest BCUT2D eigenvalue weighted by molar-refractivity contribution is 0.137. The molecule has 6 heteroatoms. The third-order valence-corrected chi connectivity index (χ3v) is 5.08. The molecule has 1 N–H and O–H groups in total. The summed E-state index contributed by atoms with van der Waals surface area (Å²) in [7, 11) is 0. The standard InChI is InChI=1S/C16H23N3OS.ClH/c1-10-8-19(11(2)7-17-10)9-14-13(4)20-16(18-14)15-6-5-12(3)21-15;/h5-6,10-11,17H,7-9H2,1-4H3;1H/t10-,11+;/m1./s1. The van der Waals surface area contributed by atoms with Gasteiger partial charge in [-0.15, -0.1) is 23.7 Å². The summed E-state index contributed by atoms with van der Waals surface area (Å²) in [6.07, 6.45) is 0. The summed E-state index contributed by atoms with van der Waals surface area (Å²) < 4.78 is 5.87. The average molecular weight is 342 g/mol. The number of hydrogen-bond donors (Lipinski definition) is 1. The van der Waals surface area contributed by atoms with Crippen LogP contribution in [-0.4, -0.2) is 35.1 Å². The predicted octanol–water partition coefficient (Wildman–Crippen LogP) is 3.62. The first-order valence-corrected chi connectivity index (χ1v) is 8.35. The summed E-state index contributed by atoms with van der Waals surface area (Å²) in [5.74, 6) is 1.70. The Balaban J connectivity index is 0.00000176. The molecule has 0 unspecified atom stereocenters. The van der Waals surface area contributed by atoms with E-state index in [1.807, 2.05) is 6.92 Å². The van der Waals surface area contributed by atoms with Crippen molar-refractivity contribution in [1.29, 1.82) is 0 Å². The number of nitrogens with one attached hydrogen (secondary N) is 1. The molecule has 1 fully saturated rings. The van der Waals surface area contributed by atoms with Crippen molar-refractivity contribution in [2.24, 2.45) is 0 Å². The molecule has 2 aromatic heterocycles. The van der Waals surface area contributed by atoms with Crippen LogP contribution >= 0.6 is 23.7 Å². The number of aryl methyl sites for hydroxylation is 2. The maximum Gasteiger partial charge on any atom is 0.236 e. The normalized spacial score (nSPS) is 22.5. The predicted molar refractivity (Wildman–Crippen MR) is 93.9 cm³/mol. The zero-order valence-electron chi connectivity index (χ0n) is 13.5. The molecular formula is C16H24ClN3OS. The van der Waals surface area contributed by atoms with E-state index in [0.29, 0.717) is 12.1 Å². The number of piperazine rings is 1. The first-order chi connectivity index (χ1) is 10.0. The zero-order chi connectivity index (χ0) is 15.0. The second kappa shape index (κ2) is 7.13. The first-order valence-electron chi connectivity index (χ1n) is 7.53. The third-order valence-electron chi connectivity index (χ3n) is 4.09. The van der Waals surface area contributed by atoms with E-state index in [-0.39, 0.29) is 12.4 Å². The van der Waals surface area contributed by atoms with Gasteiger partial charge in [-0.2, -0.15) is 0 Å². The molecule has 1 aliphatic heterocycles. The van der Waals surface area contributed by atoms with Gasteiger partial charge in [0.15, 0.2) is 0 Å². The summed E-state index contributed by atoms with van der Waals surface area (Å²) in [4.78, 5) is 9.61. The smallest absolute Gasteiger partial charge is 0.236 e. The minimum atomic E-state index is 0. The summed E-state index contributed by atoms with van der Waals surface area (Å²) in [6, 6.07) is 5.27. The zero-order valence-corrected chi connectivity index (χ0v) is 15.2. The molecule has 0 amide bonds. The van der Waals surface area contributed by atoms with E-state index in [1.165, 1.54) is 4.88 Å². The Bertz CT molecular complexity index is 625. The lowest BCUT2D eigenvalue weighted by atomic mass is 10.1. The van der Waals surface area contributed by atoms with E-state index >= 15 is 0 Å². The molecule has 122 valence electrons. The van der Waals surface area contributed by atoms with Crippen LogP contribution in [0.5, 0.6) is 0 Å². The molecule has 0 aromatic carbocycles. The van der Waals surface area contributed by atoms with E-state index in [0.717, 1.165) is 41.9 Å². The Morgan fingerprint density at radius 2 is 2.14 bits per heavy atom. The van der Waals surface area contributed by atoms with Crippen LogP contribution in [0.25, 0.3) is 10.8 Å². The molecule has 0 bridgehead atoms. The second-order valence-corrected chi connectivity index (χ2v) is 7.31. The van der Waals surface area contributed by atoms with Crippen molar-refractivity contribution >= 4 is 23.7 Å². The van der Waals surface area contributed by atoms with Gasteiger partial charge in [0, 0.05) is 36.6 Å². The highest BCUT2D eigenvalue weighted by Gasteiger charge is 2.24. The molecule has 1 saturated heterocycles. The number of hydrogen-bond acceptors (Lipinski definition) is 5. The number of thiophene rings is 1. The van der Waals surface area contributed by atoms with Gasteiger partial charge in [0.25, 0.3) is 0 Å².